The van der Waals surface area contributed by atoms with Gasteiger partial charge in [0.05, 0.1) is 59.4 Å². The highest BCUT2D eigenvalue weighted by atomic mass is 35.5. The lowest BCUT2D eigenvalue weighted by molar-refractivity contribution is 0.0683. The molecule has 0 spiro atoms. The fourth-order valence-electron chi connectivity index (χ4n) is 4.90. The second-order valence-corrected chi connectivity index (χ2v) is 9.18. The molecule has 1 N–H and O–H groups in total. The van der Waals surface area contributed by atoms with Crippen LogP contribution in [-0.2, 0) is 24.3 Å². The zero-order chi connectivity index (χ0) is 24.5. The van der Waals surface area contributed by atoms with E-state index in [0.717, 1.165) is 42.8 Å². The Kier molecular flexibility index (Phi) is 6.62. The fraction of sp³-hybridized carbons (Fsp3) is 0.440. The third kappa shape index (κ3) is 4.23. The molecule has 0 radical (unpaired) electrons. The lowest BCUT2D eigenvalue weighted by atomic mass is 10.0. The molecule has 1 aromatic carbocycles. The molecule has 2 aromatic heterocycles. The average Bonchev–Trinajstić information content (AvgIpc) is 3.50. The van der Waals surface area contributed by atoms with E-state index in [1.165, 1.54) is 0 Å². The summed E-state index contributed by atoms with van der Waals surface area (Å²) in [5.74, 6) is -0.327. The van der Waals surface area contributed by atoms with E-state index in [2.05, 4.69) is 20.0 Å². The van der Waals surface area contributed by atoms with Gasteiger partial charge in [-0.1, -0.05) is 17.7 Å². The number of nitrogens with one attached hydrogen (secondary N) is 1. The van der Waals surface area contributed by atoms with Gasteiger partial charge < -0.3 is 19.5 Å². The Hall–Kier alpha value is -3.17. The lowest BCUT2D eigenvalue weighted by Crippen LogP contribution is -2.35. The summed E-state index contributed by atoms with van der Waals surface area (Å²) in [6.45, 7) is 6.64. The highest BCUT2D eigenvalue weighted by Gasteiger charge is 2.30. The molecule has 0 unspecified atom stereocenters. The van der Waals surface area contributed by atoms with Crippen molar-refractivity contribution in [2.75, 3.05) is 19.7 Å². The average molecular weight is 497 g/mol. The molecule has 10 heteroatoms. The number of imidazole rings is 1. The van der Waals surface area contributed by atoms with Crippen LogP contribution in [0.2, 0.25) is 5.02 Å². The number of carbonyl (C=O) groups excluding carboxylic acids is 2. The Morgan fingerprint density at radius 3 is 2.86 bits per heavy atom. The minimum absolute atomic E-state index is 0.118. The molecule has 4 heterocycles. The first-order chi connectivity index (χ1) is 17.0. The van der Waals surface area contributed by atoms with E-state index in [4.69, 9.17) is 16.3 Å². The maximum absolute atomic E-state index is 13.1. The predicted molar refractivity (Wildman–Crippen MR) is 131 cm³/mol. The molecule has 0 saturated heterocycles. The van der Waals surface area contributed by atoms with Crippen molar-refractivity contribution in [3.63, 3.8) is 0 Å². The summed E-state index contributed by atoms with van der Waals surface area (Å²) in [6.07, 6.45) is 6.51. The minimum Gasteiger partial charge on any atom is -0.373 e. The van der Waals surface area contributed by atoms with Crippen LogP contribution in [-0.4, -0.2) is 55.7 Å². The number of ether oxygens (including phenoxy) is 1. The van der Waals surface area contributed by atoms with Crippen molar-refractivity contribution in [2.45, 2.75) is 52.3 Å². The number of fused-ring (bicyclic) bond motifs is 2. The van der Waals surface area contributed by atoms with Crippen LogP contribution in [0.15, 0.2) is 30.7 Å². The molecule has 0 fully saturated rings. The van der Waals surface area contributed by atoms with E-state index in [0.29, 0.717) is 48.3 Å². The zero-order valence-electron chi connectivity index (χ0n) is 20.0. The molecule has 2 aliphatic rings. The van der Waals surface area contributed by atoms with Gasteiger partial charge in [-0.15, -0.1) is 0 Å². The summed E-state index contributed by atoms with van der Waals surface area (Å²) in [4.78, 5) is 32.2. The number of aryl methyl sites for hydroxylation is 1. The van der Waals surface area contributed by atoms with Gasteiger partial charge >= 0.3 is 0 Å². The van der Waals surface area contributed by atoms with Gasteiger partial charge in [0.15, 0.2) is 0 Å². The predicted octanol–water partition coefficient (Wildman–Crippen LogP) is 3.54. The Morgan fingerprint density at radius 1 is 1.23 bits per heavy atom. The smallest absolute Gasteiger partial charge is 0.272 e. The van der Waals surface area contributed by atoms with E-state index < -0.39 is 0 Å². The molecule has 184 valence electrons. The number of benzene rings is 1. The molecular formula is C25H29ClN6O3. The minimum atomic E-state index is -0.361. The summed E-state index contributed by atoms with van der Waals surface area (Å²) in [6, 6.07) is 5.00. The van der Waals surface area contributed by atoms with Crippen LogP contribution in [0, 0.1) is 0 Å². The largest absolute Gasteiger partial charge is 0.373 e. The number of hydrogen-bond donors (Lipinski definition) is 1. The monoisotopic (exact) mass is 496 g/mol. The van der Waals surface area contributed by atoms with Crippen molar-refractivity contribution >= 4 is 23.4 Å². The van der Waals surface area contributed by atoms with Crippen molar-refractivity contribution in [1.82, 2.24) is 29.5 Å². The number of rotatable bonds is 6. The van der Waals surface area contributed by atoms with Gasteiger partial charge in [0, 0.05) is 25.2 Å². The first-order valence-corrected chi connectivity index (χ1v) is 12.5. The molecule has 5 rings (SSSR count). The summed E-state index contributed by atoms with van der Waals surface area (Å²) >= 11 is 6.72. The van der Waals surface area contributed by atoms with Gasteiger partial charge in [-0.3, -0.25) is 9.59 Å². The van der Waals surface area contributed by atoms with Crippen molar-refractivity contribution in [3.8, 4) is 5.69 Å². The first kappa shape index (κ1) is 23.6. The van der Waals surface area contributed by atoms with Crippen LogP contribution in [0.4, 0.5) is 0 Å². The summed E-state index contributed by atoms with van der Waals surface area (Å²) < 4.78 is 9.60. The van der Waals surface area contributed by atoms with Crippen LogP contribution in [0.1, 0.15) is 70.5 Å². The highest BCUT2D eigenvalue weighted by molar-refractivity contribution is 6.35. The van der Waals surface area contributed by atoms with E-state index in [9.17, 15) is 9.59 Å². The topological polar surface area (TPSA) is 94.3 Å². The van der Waals surface area contributed by atoms with Crippen LogP contribution in [0.3, 0.4) is 0 Å². The third-order valence-corrected chi connectivity index (χ3v) is 7.21. The van der Waals surface area contributed by atoms with E-state index in [-0.39, 0.29) is 17.9 Å². The second-order valence-electron chi connectivity index (χ2n) is 8.81. The SMILES string of the molecule is CCN(CC)C(=O)c1cccc(-n2ncc3c2COC[C@H]3NC(=O)c2ncn3c2CCCC3)c1Cl. The van der Waals surface area contributed by atoms with Crippen LogP contribution in [0.5, 0.6) is 0 Å². The molecular weight excluding hydrogens is 468 g/mol. The molecule has 0 saturated carbocycles. The Morgan fingerprint density at radius 2 is 2.06 bits per heavy atom. The van der Waals surface area contributed by atoms with Crippen molar-refractivity contribution in [1.29, 1.82) is 0 Å². The third-order valence-electron chi connectivity index (χ3n) is 6.82. The van der Waals surface area contributed by atoms with Crippen LogP contribution in [0.25, 0.3) is 5.69 Å². The maximum atomic E-state index is 13.1. The number of hydrogen-bond acceptors (Lipinski definition) is 5. The first-order valence-electron chi connectivity index (χ1n) is 12.1. The number of aromatic nitrogens is 4. The van der Waals surface area contributed by atoms with Gasteiger partial charge in [0.2, 0.25) is 0 Å². The van der Waals surface area contributed by atoms with Gasteiger partial charge in [-0.05, 0) is 45.2 Å². The van der Waals surface area contributed by atoms with Gasteiger partial charge in [0.25, 0.3) is 11.8 Å². The summed E-state index contributed by atoms with van der Waals surface area (Å²) in [7, 11) is 0. The van der Waals surface area contributed by atoms with Gasteiger partial charge in [-0.25, -0.2) is 9.67 Å². The molecule has 3 aromatic rings. The molecule has 2 aliphatic heterocycles. The number of nitrogens with zero attached hydrogens (tertiary/aromatic N) is 5. The molecule has 9 nitrogen and oxygen atoms in total. The quantitative estimate of drug-likeness (QED) is 0.563. The molecule has 0 aliphatic carbocycles. The summed E-state index contributed by atoms with van der Waals surface area (Å²) in [5.41, 5.74) is 4.17. The lowest BCUT2D eigenvalue weighted by Gasteiger charge is -2.25. The maximum Gasteiger partial charge on any atom is 0.272 e. The number of amides is 2. The van der Waals surface area contributed by atoms with Crippen molar-refractivity contribution in [2.24, 2.45) is 0 Å². The van der Waals surface area contributed by atoms with E-state index in [1.54, 1.807) is 34.2 Å². The van der Waals surface area contributed by atoms with Crippen molar-refractivity contribution < 1.29 is 14.3 Å². The number of carbonyl (C=O) groups is 2. The van der Waals surface area contributed by atoms with E-state index in [1.807, 2.05) is 19.9 Å². The standard InChI is InChI=1S/C25H29ClN6O3/c1-3-30(4-2)25(34)16-8-7-10-19(22(16)26)32-21-14-35-13-18(17(21)12-28-32)29-24(33)23-20-9-5-6-11-31(20)15-27-23/h7-8,10,12,15,18H,3-6,9,11,13-14H2,1-2H3,(H,29,33)/t18-/m1/s1. The Labute approximate surface area is 209 Å². The summed E-state index contributed by atoms with van der Waals surface area (Å²) in [5, 5.41) is 7.98. The van der Waals surface area contributed by atoms with Crippen LogP contribution < -0.4 is 5.32 Å². The van der Waals surface area contributed by atoms with Gasteiger partial charge in [0.1, 0.15) is 5.69 Å². The second kappa shape index (κ2) is 9.83. The molecule has 35 heavy (non-hydrogen) atoms. The Balaban J connectivity index is 1.42. The molecule has 1 atom stereocenters. The van der Waals surface area contributed by atoms with Crippen LogP contribution >= 0.6 is 11.6 Å². The molecule has 0 bridgehead atoms. The van der Waals surface area contributed by atoms with Crippen molar-refractivity contribution in [3.05, 3.63) is 64.0 Å². The fourth-order valence-corrected chi connectivity index (χ4v) is 5.18. The normalized spacial score (nSPS) is 16.9. The molecule has 2 amide bonds. The highest BCUT2D eigenvalue weighted by Crippen LogP contribution is 2.31. The number of halogens is 1. The van der Waals surface area contributed by atoms with Gasteiger partial charge in [-0.2, -0.15) is 5.10 Å². The zero-order valence-corrected chi connectivity index (χ0v) is 20.7. The van der Waals surface area contributed by atoms with E-state index >= 15 is 0 Å². The Bertz CT molecular complexity index is 1260.